The van der Waals surface area contributed by atoms with E-state index in [0.717, 1.165) is 4.57 Å². The monoisotopic (exact) mass is 384 g/mol. The SMILES string of the molecule is N#Cc1ccc2nc(NC(=O)c3cc(C(F)(F)F)[nH]n3)n(CC(F)F)c2c1. The normalized spacial score (nSPS) is 11.7. The average Bonchev–Trinajstić information content (AvgIpc) is 3.20. The smallest absolute Gasteiger partial charge is 0.304 e. The fraction of sp³-hybridized carbons (Fsp3) is 0.200. The summed E-state index contributed by atoms with van der Waals surface area (Å²) in [7, 11) is 0. The molecular weight excluding hydrogens is 375 g/mol. The van der Waals surface area contributed by atoms with E-state index < -0.39 is 36.4 Å². The minimum absolute atomic E-state index is 0.169. The number of halogens is 5. The predicted octanol–water partition coefficient (Wildman–Crippen LogP) is 3.17. The van der Waals surface area contributed by atoms with Crippen LogP contribution in [0.15, 0.2) is 24.3 Å². The van der Waals surface area contributed by atoms with Crippen molar-refractivity contribution in [3.8, 4) is 6.07 Å². The van der Waals surface area contributed by atoms with Crippen molar-refractivity contribution in [1.82, 2.24) is 19.7 Å². The maximum absolute atomic E-state index is 12.9. The van der Waals surface area contributed by atoms with Crippen LogP contribution in [-0.4, -0.2) is 32.1 Å². The molecule has 0 spiro atoms. The molecule has 1 amide bonds. The molecule has 0 aliphatic rings. The van der Waals surface area contributed by atoms with Crippen LogP contribution >= 0.6 is 0 Å². The van der Waals surface area contributed by atoms with E-state index in [2.05, 4.69) is 15.4 Å². The lowest BCUT2D eigenvalue weighted by Crippen LogP contribution is -2.18. The average molecular weight is 384 g/mol. The number of carbonyl (C=O) groups excluding carboxylic acids is 1. The van der Waals surface area contributed by atoms with E-state index in [0.29, 0.717) is 6.07 Å². The summed E-state index contributed by atoms with van der Waals surface area (Å²) >= 11 is 0. The van der Waals surface area contributed by atoms with Crippen LogP contribution in [0.2, 0.25) is 0 Å². The van der Waals surface area contributed by atoms with Gasteiger partial charge in [-0.25, -0.2) is 13.8 Å². The van der Waals surface area contributed by atoms with E-state index in [9.17, 15) is 26.7 Å². The van der Waals surface area contributed by atoms with E-state index in [1.54, 1.807) is 5.10 Å². The van der Waals surface area contributed by atoms with Gasteiger partial charge in [0.1, 0.15) is 5.69 Å². The number of fused-ring (bicyclic) bond motifs is 1. The van der Waals surface area contributed by atoms with Crippen LogP contribution in [0.1, 0.15) is 21.7 Å². The quantitative estimate of drug-likeness (QED) is 0.675. The topological polar surface area (TPSA) is 99.4 Å². The lowest BCUT2D eigenvalue weighted by molar-refractivity contribution is -0.141. The summed E-state index contributed by atoms with van der Waals surface area (Å²) in [6, 6.07) is 6.48. The molecule has 0 atom stereocenters. The molecule has 0 aliphatic carbocycles. The van der Waals surface area contributed by atoms with Gasteiger partial charge in [0.25, 0.3) is 12.3 Å². The van der Waals surface area contributed by atoms with Gasteiger partial charge in [0, 0.05) is 6.07 Å². The number of hydrogen-bond acceptors (Lipinski definition) is 4. The van der Waals surface area contributed by atoms with Gasteiger partial charge in [-0.15, -0.1) is 0 Å². The van der Waals surface area contributed by atoms with Gasteiger partial charge < -0.3 is 4.57 Å². The summed E-state index contributed by atoms with van der Waals surface area (Å²) in [6.07, 6.45) is -7.52. The van der Waals surface area contributed by atoms with E-state index in [1.165, 1.54) is 18.2 Å². The number of imidazole rings is 1. The first-order chi connectivity index (χ1) is 12.7. The van der Waals surface area contributed by atoms with E-state index in [-0.39, 0.29) is 22.5 Å². The zero-order valence-electron chi connectivity index (χ0n) is 13.2. The number of rotatable bonds is 4. The highest BCUT2D eigenvalue weighted by atomic mass is 19.4. The number of amides is 1. The van der Waals surface area contributed by atoms with E-state index in [4.69, 9.17) is 5.26 Å². The predicted molar refractivity (Wildman–Crippen MR) is 82.0 cm³/mol. The Morgan fingerprint density at radius 1 is 1.33 bits per heavy atom. The van der Waals surface area contributed by atoms with Gasteiger partial charge in [-0.3, -0.25) is 15.2 Å². The van der Waals surface area contributed by atoms with Gasteiger partial charge in [0.15, 0.2) is 5.69 Å². The third-order valence-corrected chi connectivity index (χ3v) is 3.54. The van der Waals surface area contributed by atoms with Crippen molar-refractivity contribution in [3.63, 3.8) is 0 Å². The van der Waals surface area contributed by atoms with E-state index in [1.807, 2.05) is 6.07 Å². The van der Waals surface area contributed by atoms with Crippen LogP contribution in [0.3, 0.4) is 0 Å². The van der Waals surface area contributed by atoms with Crippen LogP contribution in [-0.2, 0) is 12.7 Å². The van der Waals surface area contributed by atoms with Gasteiger partial charge in [-0.1, -0.05) is 0 Å². The third kappa shape index (κ3) is 3.71. The van der Waals surface area contributed by atoms with Crippen molar-refractivity contribution in [2.45, 2.75) is 19.1 Å². The molecule has 1 aromatic carbocycles. The first-order valence-electron chi connectivity index (χ1n) is 7.31. The van der Waals surface area contributed by atoms with Crippen molar-refractivity contribution in [1.29, 1.82) is 5.26 Å². The Bertz CT molecular complexity index is 1050. The maximum atomic E-state index is 12.9. The Morgan fingerprint density at radius 3 is 2.67 bits per heavy atom. The largest absolute Gasteiger partial charge is 0.432 e. The lowest BCUT2D eigenvalue weighted by atomic mass is 10.2. The molecule has 0 unspecified atom stereocenters. The lowest BCUT2D eigenvalue weighted by Gasteiger charge is -2.08. The molecule has 0 saturated heterocycles. The first-order valence-corrected chi connectivity index (χ1v) is 7.31. The Labute approximate surface area is 147 Å². The molecule has 12 heteroatoms. The van der Waals surface area contributed by atoms with Crippen LogP contribution in [0.25, 0.3) is 11.0 Å². The van der Waals surface area contributed by atoms with Crippen LogP contribution in [0, 0.1) is 11.3 Å². The highest BCUT2D eigenvalue weighted by Crippen LogP contribution is 2.28. The number of nitrogens with zero attached hydrogens (tertiary/aromatic N) is 4. The summed E-state index contributed by atoms with van der Waals surface area (Å²) in [4.78, 5) is 16.1. The number of alkyl halides is 5. The van der Waals surface area contributed by atoms with Gasteiger partial charge in [0.2, 0.25) is 5.95 Å². The fourth-order valence-corrected chi connectivity index (χ4v) is 2.36. The standard InChI is InChI=1S/C15H9F5N6O/c16-12(17)6-26-10-3-7(5-21)1-2-8(10)22-14(26)23-13(27)9-4-11(25-24-9)15(18,19)20/h1-4,12H,6H2,(H,24,25)(H,22,23,27). The van der Waals surface area contributed by atoms with Gasteiger partial charge >= 0.3 is 6.18 Å². The van der Waals surface area contributed by atoms with Gasteiger partial charge in [-0.05, 0) is 18.2 Å². The summed E-state index contributed by atoms with van der Waals surface area (Å²) < 4.78 is 64.5. The number of aromatic amines is 1. The summed E-state index contributed by atoms with van der Waals surface area (Å²) in [5, 5.41) is 16.1. The number of carbonyl (C=O) groups is 1. The molecule has 0 bridgehead atoms. The highest BCUT2D eigenvalue weighted by Gasteiger charge is 2.34. The fourth-order valence-electron chi connectivity index (χ4n) is 2.36. The second-order valence-electron chi connectivity index (χ2n) is 5.37. The number of nitriles is 1. The molecular formula is C15H9F5N6O. The Kier molecular flexibility index (Phi) is 4.52. The molecule has 3 aromatic rings. The van der Waals surface area contributed by atoms with Crippen molar-refractivity contribution < 1.29 is 26.7 Å². The zero-order valence-corrected chi connectivity index (χ0v) is 13.2. The number of hydrogen-bond donors (Lipinski definition) is 2. The van der Waals surface area contributed by atoms with Crippen molar-refractivity contribution in [3.05, 3.63) is 41.2 Å². The molecule has 140 valence electrons. The van der Waals surface area contributed by atoms with Crippen molar-refractivity contribution in [2.24, 2.45) is 0 Å². The Hall–Kier alpha value is -3.49. The second kappa shape index (κ2) is 6.67. The number of aromatic nitrogens is 4. The molecule has 0 radical (unpaired) electrons. The summed E-state index contributed by atoms with van der Waals surface area (Å²) in [5.74, 6) is -1.37. The molecule has 7 nitrogen and oxygen atoms in total. The van der Waals surface area contributed by atoms with Crippen LogP contribution < -0.4 is 5.32 Å². The first kappa shape index (κ1) is 18.3. The molecule has 0 aliphatic heterocycles. The summed E-state index contributed by atoms with van der Waals surface area (Å²) in [6.45, 7) is -0.838. The number of H-pyrrole nitrogens is 1. The zero-order chi connectivity index (χ0) is 19.8. The Balaban J connectivity index is 1.97. The minimum atomic E-state index is -4.72. The molecule has 0 saturated carbocycles. The molecule has 0 fully saturated rings. The maximum Gasteiger partial charge on any atom is 0.432 e. The number of anilines is 1. The van der Waals surface area contributed by atoms with Crippen molar-refractivity contribution in [2.75, 3.05) is 5.32 Å². The van der Waals surface area contributed by atoms with Gasteiger partial charge in [0.05, 0.1) is 29.2 Å². The number of nitrogens with one attached hydrogen (secondary N) is 2. The van der Waals surface area contributed by atoms with Crippen molar-refractivity contribution >= 4 is 22.9 Å². The molecule has 3 rings (SSSR count). The van der Waals surface area contributed by atoms with E-state index >= 15 is 0 Å². The second-order valence-corrected chi connectivity index (χ2v) is 5.37. The summed E-state index contributed by atoms with van der Waals surface area (Å²) in [5.41, 5.74) is -1.23. The molecule has 2 heterocycles. The van der Waals surface area contributed by atoms with Gasteiger partial charge in [-0.2, -0.15) is 23.5 Å². The van der Waals surface area contributed by atoms with Crippen LogP contribution in [0.5, 0.6) is 0 Å². The molecule has 2 N–H and O–H groups in total. The third-order valence-electron chi connectivity index (χ3n) is 3.54. The highest BCUT2D eigenvalue weighted by molar-refractivity contribution is 6.02. The Morgan fingerprint density at radius 2 is 2.07 bits per heavy atom. The molecule has 2 aromatic heterocycles. The van der Waals surface area contributed by atoms with Crippen LogP contribution in [0.4, 0.5) is 27.9 Å². The minimum Gasteiger partial charge on any atom is -0.304 e. The molecule has 27 heavy (non-hydrogen) atoms. The number of benzene rings is 1.